The lowest BCUT2D eigenvalue weighted by atomic mass is 9.94. The van der Waals surface area contributed by atoms with Gasteiger partial charge in [-0.3, -0.25) is 14.4 Å². The zero-order valence-electron chi connectivity index (χ0n) is 20.9. The van der Waals surface area contributed by atoms with Crippen molar-refractivity contribution in [2.75, 3.05) is 44.2 Å². The number of hydrogen-bond acceptors (Lipinski definition) is 5. The number of carbonyl (C=O) groups is 3. The van der Waals surface area contributed by atoms with Crippen LogP contribution in [0.3, 0.4) is 0 Å². The summed E-state index contributed by atoms with van der Waals surface area (Å²) >= 11 is 3.53. The van der Waals surface area contributed by atoms with Crippen molar-refractivity contribution in [3.63, 3.8) is 0 Å². The first-order valence-electron chi connectivity index (χ1n) is 12.5. The maximum Gasteiger partial charge on any atom is 0.256 e. The summed E-state index contributed by atoms with van der Waals surface area (Å²) < 4.78 is 2.77. The van der Waals surface area contributed by atoms with Gasteiger partial charge in [-0.25, -0.2) is 4.98 Å². The van der Waals surface area contributed by atoms with Crippen molar-refractivity contribution in [2.24, 2.45) is 5.92 Å². The van der Waals surface area contributed by atoms with Crippen molar-refractivity contribution in [3.05, 3.63) is 71.0 Å². The number of carbonyl (C=O) groups excluding carboxylic acids is 3. The fourth-order valence-corrected chi connectivity index (χ4v) is 5.47. The molecule has 192 valence electrons. The van der Waals surface area contributed by atoms with E-state index in [1.54, 1.807) is 4.90 Å². The number of aromatic nitrogens is 2. The molecule has 0 atom stereocenters. The third-order valence-corrected chi connectivity index (χ3v) is 7.66. The number of anilines is 1. The molecule has 2 aliphatic heterocycles. The summed E-state index contributed by atoms with van der Waals surface area (Å²) in [6, 6.07) is 9.89. The molecule has 1 aromatic carbocycles. The highest BCUT2D eigenvalue weighted by atomic mass is 79.9. The van der Waals surface area contributed by atoms with Crippen LogP contribution >= 0.6 is 15.9 Å². The topological polar surface area (TPSA) is 78.8 Å². The minimum atomic E-state index is -0.0928. The second kappa shape index (κ2) is 10.5. The molecule has 2 fully saturated rings. The minimum Gasteiger partial charge on any atom is -0.353 e. The molecule has 2 saturated heterocycles. The number of halogens is 1. The van der Waals surface area contributed by atoms with Crippen molar-refractivity contribution in [1.29, 1.82) is 0 Å². The molecule has 0 bridgehead atoms. The van der Waals surface area contributed by atoms with Gasteiger partial charge in [-0.2, -0.15) is 0 Å². The number of aryl methyl sites for hydroxylation is 1. The predicted octanol–water partition coefficient (Wildman–Crippen LogP) is 3.67. The van der Waals surface area contributed by atoms with E-state index in [-0.39, 0.29) is 30.1 Å². The number of benzene rings is 1. The monoisotopic (exact) mass is 563 g/mol. The molecular formula is C28H30BrN5O3. The van der Waals surface area contributed by atoms with Gasteiger partial charge in [0.2, 0.25) is 5.91 Å². The normalized spacial score (nSPS) is 16.1. The second-order valence-corrected chi connectivity index (χ2v) is 10.8. The summed E-state index contributed by atoms with van der Waals surface area (Å²) in [5.74, 6) is 1.08. The van der Waals surface area contributed by atoms with Gasteiger partial charge >= 0.3 is 0 Å². The first-order chi connectivity index (χ1) is 17.8. The Balaban J connectivity index is 1.27. The van der Waals surface area contributed by atoms with E-state index in [0.29, 0.717) is 38.2 Å². The van der Waals surface area contributed by atoms with Crippen molar-refractivity contribution in [1.82, 2.24) is 19.4 Å². The van der Waals surface area contributed by atoms with Gasteiger partial charge < -0.3 is 19.3 Å². The van der Waals surface area contributed by atoms with Crippen LogP contribution in [-0.4, -0.2) is 76.2 Å². The van der Waals surface area contributed by atoms with E-state index in [2.05, 4.69) is 38.5 Å². The number of rotatable bonds is 7. The largest absolute Gasteiger partial charge is 0.353 e. The Morgan fingerprint density at radius 3 is 2.51 bits per heavy atom. The van der Waals surface area contributed by atoms with Crippen molar-refractivity contribution < 1.29 is 14.4 Å². The smallest absolute Gasteiger partial charge is 0.256 e. The van der Waals surface area contributed by atoms with Crippen LogP contribution in [0.1, 0.15) is 22.3 Å². The molecule has 0 N–H and O–H groups in total. The van der Waals surface area contributed by atoms with Gasteiger partial charge in [-0.15, -0.1) is 0 Å². The number of nitrogens with zero attached hydrogens (tertiary/aromatic N) is 5. The van der Waals surface area contributed by atoms with Crippen molar-refractivity contribution >= 4 is 50.2 Å². The van der Waals surface area contributed by atoms with Crippen molar-refractivity contribution in [2.45, 2.75) is 19.9 Å². The molecule has 0 spiro atoms. The van der Waals surface area contributed by atoms with Gasteiger partial charge in [0.15, 0.2) is 5.78 Å². The predicted molar refractivity (Wildman–Crippen MR) is 147 cm³/mol. The van der Waals surface area contributed by atoms with E-state index in [9.17, 15) is 14.4 Å². The second-order valence-electron chi connectivity index (χ2n) is 9.86. The summed E-state index contributed by atoms with van der Waals surface area (Å²) in [4.78, 5) is 48.4. The molecule has 8 nitrogen and oxygen atoms in total. The Morgan fingerprint density at radius 2 is 1.84 bits per heavy atom. The Labute approximate surface area is 224 Å². The first-order valence-corrected chi connectivity index (χ1v) is 13.3. The van der Waals surface area contributed by atoms with Gasteiger partial charge in [-0.1, -0.05) is 28.6 Å². The average molecular weight is 564 g/mol. The highest BCUT2D eigenvalue weighted by Crippen LogP contribution is 2.28. The highest BCUT2D eigenvalue weighted by molar-refractivity contribution is 9.10. The molecule has 2 aliphatic rings. The molecule has 0 aliphatic carbocycles. The number of amides is 2. The number of ketones is 1. The summed E-state index contributed by atoms with van der Waals surface area (Å²) in [5, 5.41) is 0.834. The lowest BCUT2D eigenvalue weighted by Gasteiger charge is -2.38. The van der Waals surface area contributed by atoms with Crippen LogP contribution in [0.2, 0.25) is 0 Å². The Bertz CT molecular complexity index is 1350. The molecule has 3 aromatic rings. The lowest BCUT2D eigenvalue weighted by molar-refractivity contribution is -0.134. The van der Waals surface area contributed by atoms with Crippen molar-refractivity contribution in [3.8, 4) is 0 Å². The molecule has 0 unspecified atom stereocenters. The van der Waals surface area contributed by atoms with E-state index in [1.165, 1.54) is 6.08 Å². The standard InChI is InChI=1S/C28H30BrN5O3/c1-3-27(36)34-15-20(16-34)12-22(35)17-33-18-24(23-13-21(29)5-6-25(23)33)28(37)32-10-8-31(9-11-32)26-7-4-19(2)14-30-26/h3-7,13-14,18,20H,1,8-12,15-17H2,2H3. The molecule has 0 saturated carbocycles. The maximum atomic E-state index is 13.6. The number of piperazine rings is 1. The Hall–Kier alpha value is -3.46. The number of Topliss-reactive ketones (excluding diaryl/α,β-unsaturated/α-hetero) is 1. The number of hydrogen-bond donors (Lipinski definition) is 0. The van der Waals surface area contributed by atoms with Gasteiger partial charge in [0, 0.05) is 79.4 Å². The molecule has 9 heteroatoms. The van der Waals surface area contributed by atoms with Crippen LogP contribution in [0.25, 0.3) is 10.9 Å². The van der Waals surface area contributed by atoms with Gasteiger partial charge in [-0.05, 0) is 42.8 Å². The maximum absolute atomic E-state index is 13.6. The van der Waals surface area contributed by atoms with Crippen LogP contribution in [0.4, 0.5) is 5.82 Å². The van der Waals surface area contributed by atoms with Crippen LogP contribution in [0.15, 0.2) is 59.9 Å². The van der Waals surface area contributed by atoms with E-state index >= 15 is 0 Å². The molecule has 2 aromatic heterocycles. The fourth-order valence-electron chi connectivity index (χ4n) is 5.11. The number of likely N-dealkylation sites (tertiary alicyclic amines) is 1. The first kappa shape index (κ1) is 25.2. The average Bonchev–Trinajstić information content (AvgIpc) is 3.22. The van der Waals surface area contributed by atoms with Gasteiger partial charge in [0.25, 0.3) is 5.91 Å². The SMILES string of the molecule is C=CC(=O)N1CC(CC(=O)Cn2cc(C(=O)N3CCN(c4ccc(C)cn4)CC3)c3cc(Br)ccc32)C1. The Kier molecular flexibility index (Phi) is 7.15. The van der Waals surface area contributed by atoms with Crippen LogP contribution < -0.4 is 4.90 Å². The fraction of sp³-hybridized carbons (Fsp3) is 0.357. The number of fused-ring (bicyclic) bond motifs is 1. The van der Waals surface area contributed by atoms with E-state index in [4.69, 9.17) is 0 Å². The van der Waals surface area contributed by atoms with Crippen LogP contribution in [0, 0.1) is 12.8 Å². The van der Waals surface area contributed by atoms with E-state index < -0.39 is 0 Å². The molecule has 5 rings (SSSR count). The lowest BCUT2D eigenvalue weighted by Crippen LogP contribution is -2.50. The van der Waals surface area contributed by atoms with Crippen LogP contribution in [0.5, 0.6) is 0 Å². The third-order valence-electron chi connectivity index (χ3n) is 7.17. The Morgan fingerprint density at radius 1 is 1.08 bits per heavy atom. The molecule has 0 radical (unpaired) electrons. The third kappa shape index (κ3) is 5.32. The molecule has 4 heterocycles. The van der Waals surface area contributed by atoms with E-state index in [0.717, 1.165) is 39.8 Å². The molecule has 37 heavy (non-hydrogen) atoms. The summed E-state index contributed by atoms with van der Waals surface area (Å²) in [6.45, 7) is 9.55. The van der Waals surface area contributed by atoms with Crippen LogP contribution in [-0.2, 0) is 16.1 Å². The summed E-state index contributed by atoms with van der Waals surface area (Å²) in [7, 11) is 0. The van der Waals surface area contributed by atoms with E-state index in [1.807, 2.05) is 53.0 Å². The summed E-state index contributed by atoms with van der Waals surface area (Å²) in [6.07, 6.45) is 5.40. The highest BCUT2D eigenvalue weighted by Gasteiger charge is 2.31. The molecule has 2 amide bonds. The summed E-state index contributed by atoms with van der Waals surface area (Å²) in [5.41, 5.74) is 2.59. The minimum absolute atomic E-state index is 0.0246. The zero-order valence-corrected chi connectivity index (χ0v) is 22.5. The van der Waals surface area contributed by atoms with Gasteiger partial charge in [0.05, 0.1) is 12.1 Å². The molecular weight excluding hydrogens is 534 g/mol. The zero-order chi connectivity index (χ0) is 26.1. The quantitative estimate of drug-likeness (QED) is 0.410. The number of pyridine rings is 1. The van der Waals surface area contributed by atoms with Gasteiger partial charge in [0.1, 0.15) is 5.82 Å².